The molecule has 0 spiro atoms. The van der Waals surface area contributed by atoms with Crippen molar-refractivity contribution in [3.8, 4) is 0 Å². The van der Waals surface area contributed by atoms with Gasteiger partial charge >= 0.3 is 0 Å². The van der Waals surface area contributed by atoms with Gasteiger partial charge in [0.1, 0.15) is 0 Å². The van der Waals surface area contributed by atoms with Gasteiger partial charge in [0.15, 0.2) is 5.78 Å². The number of Topliss-reactive ketones (excluding diaryl/α,β-unsaturated/α-hetero) is 1. The number of nitrogens with one attached hydrogen (secondary N) is 1. The number of benzene rings is 1. The van der Waals surface area contributed by atoms with Gasteiger partial charge in [-0.05, 0) is 38.9 Å². The van der Waals surface area contributed by atoms with Crippen LogP contribution >= 0.6 is 0 Å². The van der Waals surface area contributed by atoms with Gasteiger partial charge in [0.05, 0.1) is 12.7 Å². The van der Waals surface area contributed by atoms with Crippen LogP contribution in [0.4, 0.5) is 0 Å². The molecule has 98 valence electrons. The summed E-state index contributed by atoms with van der Waals surface area (Å²) in [6.45, 7) is 4.59. The summed E-state index contributed by atoms with van der Waals surface area (Å²) in [4.78, 5) is 11.9. The lowest BCUT2D eigenvalue weighted by Gasteiger charge is -2.22. The van der Waals surface area contributed by atoms with Crippen molar-refractivity contribution >= 4 is 5.78 Å². The van der Waals surface area contributed by atoms with Crippen molar-refractivity contribution in [1.82, 2.24) is 5.32 Å². The summed E-state index contributed by atoms with van der Waals surface area (Å²) < 4.78 is 5.74. The molecular formula is C15H21NO2. The first-order chi connectivity index (χ1) is 8.75. The minimum Gasteiger partial charge on any atom is -0.378 e. The Morgan fingerprint density at radius 3 is 2.89 bits per heavy atom. The maximum absolute atomic E-state index is 11.9. The van der Waals surface area contributed by atoms with Gasteiger partial charge in [0.25, 0.3) is 0 Å². The molecule has 1 N–H and O–H groups in total. The van der Waals surface area contributed by atoms with Crippen LogP contribution in [-0.2, 0) is 4.74 Å². The Balaban J connectivity index is 1.74. The van der Waals surface area contributed by atoms with E-state index in [0.717, 1.165) is 37.1 Å². The molecule has 3 nitrogen and oxygen atoms in total. The molecule has 1 aliphatic heterocycles. The van der Waals surface area contributed by atoms with Crippen molar-refractivity contribution in [3.05, 3.63) is 35.4 Å². The van der Waals surface area contributed by atoms with Gasteiger partial charge < -0.3 is 10.1 Å². The van der Waals surface area contributed by atoms with Gasteiger partial charge in [-0.15, -0.1) is 0 Å². The summed E-state index contributed by atoms with van der Waals surface area (Å²) in [5, 5.41) is 3.30. The average molecular weight is 247 g/mol. The van der Waals surface area contributed by atoms with Gasteiger partial charge in [0.2, 0.25) is 0 Å². The maximum Gasteiger partial charge on any atom is 0.165 e. The van der Waals surface area contributed by atoms with E-state index in [1.165, 1.54) is 0 Å². The molecule has 2 rings (SSSR count). The van der Waals surface area contributed by atoms with Crippen molar-refractivity contribution in [2.24, 2.45) is 0 Å². The van der Waals surface area contributed by atoms with Crippen LogP contribution in [-0.4, -0.2) is 31.6 Å². The zero-order chi connectivity index (χ0) is 12.8. The topological polar surface area (TPSA) is 38.3 Å². The number of hydrogen-bond donors (Lipinski definition) is 1. The molecule has 0 unspecified atom stereocenters. The fourth-order valence-electron chi connectivity index (χ4n) is 2.24. The van der Waals surface area contributed by atoms with Crippen molar-refractivity contribution in [1.29, 1.82) is 0 Å². The first-order valence-electron chi connectivity index (χ1n) is 6.68. The van der Waals surface area contributed by atoms with Crippen LogP contribution in [0.1, 0.15) is 35.2 Å². The van der Waals surface area contributed by atoms with Crippen molar-refractivity contribution in [2.75, 3.05) is 19.7 Å². The van der Waals surface area contributed by atoms with Gasteiger partial charge in [-0.25, -0.2) is 0 Å². The molecule has 1 aliphatic rings. The quantitative estimate of drug-likeness (QED) is 0.812. The number of carbonyl (C=O) groups excluding carboxylic acids is 1. The highest BCUT2D eigenvalue weighted by Crippen LogP contribution is 2.10. The van der Waals surface area contributed by atoms with Gasteiger partial charge in [-0.1, -0.05) is 23.8 Å². The van der Waals surface area contributed by atoms with E-state index in [1.807, 2.05) is 31.2 Å². The summed E-state index contributed by atoms with van der Waals surface area (Å²) in [6.07, 6.45) is 2.92. The van der Waals surface area contributed by atoms with E-state index in [0.29, 0.717) is 19.1 Å². The first kappa shape index (κ1) is 13.2. The monoisotopic (exact) mass is 247 g/mol. The van der Waals surface area contributed by atoms with Crippen LogP contribution in [0.3, 0.4) is 0 Å². The number of ketones is 1. The average Bonchev–Trinajstić information content (AvgIpc) is 2.40. The molecule has 1 aromatic rings. The second kappa shape index (κ2) is 6.66. The van der Waals surface area contributed by atoms with E-state index in [1.54, 1.807) is 0 Å². The maximum atomic E-state index is 11.9. The van der Waals surface area contributed by atoms with Gasteiger partial charge in [-0.2, -0.15) is 0 Å². The van der Waals surface area contributed by atoms with E-state index < -0.39 is 0 Å². The SMILES string of the molecule is Cc1cccc(C(=O)CCOC2CCNCC2)c1. The molecule has 0 radical (unpaired) electrons. The summed E-state index contributed by atoms with van der Waals surface area (Å²) in [5.41, 5.74) is 1.92. The summed E-state index contributed by atoms with van der Waals surface area (Å²) in [6, 6.07) is 7.74. The Morgan fingerprint density at radius 2 is 2.17 bits per heavy atom. The molecule has 18 heavy (non-hydrogen) atoms. The number of ether oxygens (including phenoxy) is 1. The van der Waals surface area contributed by atoms with E-state index in [9.17, 15) is 4.79 Å². The Morgan fingerprint density at radius 1 is 1.39 bits per heavy atom. The highest BCUT2D eigenvalue weighted by Gasteiger charge is 2.14. The summed E-state index contributed by atoms with van der Waals surface area (Å²) >= 11 is 0. The lowest BCUT2D eigenvalue weighted by Crippen LogP contribution is -2.32. The van der Waals surface area contributed by atoms with E-state index in [-0.39, 0.29) is 5.78 Å². The van der Waals surface area contributed by atoms with Crippen LogP contribution in [0, 0.1) is 6.92 Å². The number of piperidine rings is 1. The lowest BCUT2D eigenvalue weighted by atomic mass is 10.1. The Bertz CT molecular complexity index is 397. The predicted molar refractivity (Wildman–Crippen MR) is 72.0 cm³/mol. The highest BCUT2D eigenvalue weighted by atomic mass is 16.5. The molecule has 1 heterocycles. The minimum atomic E-state index is 0.174. The van der Waals surface area contributed by atoms with Crippen LogP contribution in [0.2, 0.25) is 0 Å². The number of carbonyl (C=O) groups is 1. The van der Waals surface area contributed by atoms with E-state index in [4.69, 9.17) is 4.74 Å². The second-order valence-electron chi connectivity index (χ2n) is 4.86. The summed E-state index contributed by atoms with van der Waals surface area (Å²) in [5.74, 6) is 0.174. The predicted octanol–water partition coefficient (Wildman–Crippen LogP) is 2.34. The molecule has 3 heteroatoms. The second-order valence-corrected chi connectivity index (χ2v) is 4.86. The summed E-state index contributed by atoms with van der Waals surface area (Å²) in [7, 11) is 0. The fraction of sp³-hybridized carbons (Fsp3) is 0.533. The molecule has 0 amide bonds. The van der Waals surface area contributed by atoms with Crippen molar-refractivity contribution < 1.29 is 9.53 Å². The van der Waals surface area contributed by atoms with Crippen LogP contribution in [0.15, 0.2) is 24.3 Å². The number of rotatable bonds is 5. The standard InChI is InChI=1S/C15H21NO2/c1-12-3-2-4-13(11-12)15(17)7-10-18-14-5-8-16-9-6-14/h2-4,11,14,16H,5-10H2,1H3. The highest BCUT2D eigenvalue weighted by molar-refractivity contribution is 5.96. The smallest absolute Gasteiger partial charge is 0.165 e. The van der Waals surface area contributed by atoms with Gasteiger partial charge in [0, 0.05) is 12.0 Å². The zero-order valence-electron chi connectivity index (χ0n) is 10.9. The van der Waals surface area contributed by atoms with Crippen LogP contribution < -0.4 is 5.32 Å². The molecule has 0 bridgehead atoms. The largest absolute Gasteiger partial charge is 0.378 e. The fourth-order valence-corrected chi connectivity index (χ4v) is 2.24. The van der Waals surface area contributed by atoms with Crippen molar-refractivity contribution in [2.45, 2.75) is 32.3 Å². The first-order valence-corrected chi connectivity index (χ1v) is 6.68. The Labute approximate surface area is 109 Å². The van der Waals surface area contributed by atoms with Crippen LogP contribution in [0.5, 0.6) is 0 Å². The van der Waals surface area contributed by atoms with Crippen molar-refractivity contribution in [3.63, 3.8) is 0 Å². The molecule has 0 aliphatic carbocycles. The zero-order valence-corrected chi connectivity index (χ0v) is 10.9. The third-order valence-corrected chi connectivity index (χ3v) is 3.31. The molecule has 1 saturated heterocycles. The molecule has 0 saturated carbocycles. The number of hydrogen-bond acceptors (Lipinski definition) is 3. The van der Waals surface area contributed by atoms with E-state index >= 15 is 0 Å². The Kier molecular flexibility index (Phi) is 4.90. The third-order valence-electron chi connectivity index (χ3n) is 3.31. The van der Waals surface area contributed by atoms with Gasteiger partial charge in [-0.3, -0.25) is 4.79 Å². The molecule has 1 aromatic carbocycles. The molecule has 0 atom stereocenters. The molecular weight excluding hydrogens is 226 g/mol. The molecule has 0 aromatic heterocycles. The number of aryl methyl sites for hydroxylation is 1. The Hall–Kier alpha value is -1.19. The van der Waals surface area contributed by atoms with E-state index in [2.05, 4.69) is 5.32 Å². The third kappa shape index (κ3) is 3.93. The minimum absolute atomic E-state index is 0.174. The molecule has 1 fully saturated rings. The normalized spacial score (nSPS) is 16.7. The van der Waals surface area contributed by atoms with Crippen LogP contribution in [0.25, 0.3) is 0 Å². The lowest BCUT2D eigenvalue weighted by molar-refractivity contribution is 0.0313.